The van der Waals surface area contributed by atoms with Crippen molar-refractivity contribution in [3.8, 4) is 0 Å². The highest BCUT2D eigenvalue weighted by molar-refractivity contribution is 7.08. The summed E-state index contributed by atoms with van der Waals surface area (Å²) in [5.41, 5.74) is 2.19. The van der Waals surface area contributed by atoms with Crippen LogP contribution in [0.15, 0.2) is 46.1 Å². The maximum atomic E-state index is 11.8. The van der Waals surface area contributed by atoms with Crippen LogP contribution in [-0.2, 0) is 23.5 Å². The predicted molar refractivity (Wildman–Crippen MR) is 118 cm³/mol. The van der Waals surface area contributed by atoms with E-state index in [0.29, 0.717) is 32.0 Å². The highest BCUT2D eigenvalue weighted by Crippen LogP contribution is 2.22. The molecule has 6 nitrogen and oxygen atoms in total. The second-order valence-corrected chi connectivity index (χ2v) is 8.35. The number of carbonyl (C=O) groups excluding carboxylic acids is 1. The van der Waals surface area contributed by atoms with Crippen LogP contribution in [0.2, 0.25) is 0 Å². The summed E-state index contributed by atoms with van der Waals surface area (Å²) in [5, 5.41) is 21.1. The molecule has 1 fully saturated rings. The molecule has 3 rings (SSSR count). The summed E-state index contributed by atoms with van der Waals surface area (Å²) in [6.45, 7) is 7.02. The molecule has 1 aromatic heterocycles. The number of hydrogen-bond acceptors (Lipinski definition) is 4. The largest absolute Gasteiger partial charge is 0.384 e. The Hall–Kier alpha value is -2.38. The van der Waals surface area contributed by atoms with Crippen molar-refractivity contribution in [1.82, 2.24) is 15.5 Å². The number of carbonyl (C=O) groups is 1. The average Bonchev–Trinajstić information content (AvgIpc) is 3.38. The van der Waals surface area contributed by atoms with Gasteiger partial charge in [0.2, 0.25) is 5.91 Å². The van der Waals surface area contributed by atoms with E-state index in [4.69, 9.17) is 0 Å². The fourth-order valence-electron chi connectivity index (χ4n) is 3.28. The van der Waals surface area contributed by atoms with Crippen molar-refractivity contribution >= 4 is 23.2 Å². The number of aliphatic hydroxyl groups is 1. The molecule has 0 aliphatic carbocycles. The van der Waals surface area contributed by atoms with Gasteiger partial charge in [-0.15, -0.1) is 0 Å². The van der Waals surface area contributed by atoms with Crippen LogP contribution in [0.25, 0.3) is 0 Å². The summed E-state index contributed by atoms with van der Waals surface area (Å²) in [6.07, 6.45) is 1.64. The standard InChI is InChI=1S/C22H30N4O2S/c1-3-23-21(25-16-22(2,28)19-10-12-29-15-19)24-13-17-6-8-18(9-7-17)14-26-11-4-5-20(26)27/h6-10,12,15,28H,3-5,11,13-14,16H2,1-2H3,(H2,23,24,25). The normalized spacial score (nSPS) is 16.7. The molecule has 0 radical (unpaired) electrons. The SMILES string of the molecule is CCNC(=NCc1ccc(CN2CCCC2=O)cc1)NCC(C)(O)c1ccsc1. The number of nitrogens with one attached hydrogen (secondary N) is 2. The first kappa shape index (κ1) is 21.3. The molecule has 2 heterocycles. The molecule has 7 heteroatoms. The van der Waals surface area contributed by atoms with Crippen molar-refractivity contribution in [1.29, 1.82) is 0 Å². The number of nitrogens with zero attached hydrogens (tertiary/aromatic N) is 2. The molecule has 0 bridgehead atoms. The van der Waals surface area contributed by atoms with Crippen LogP contribution < -0.4 is 10.6 Å². The summed E-state index contributed by atoms with van der Waals surface area (Å²) in [4.78, 5) is 18.3. The fraction of sp³-hybridized carbons (Fsp3) is 0.455. The van der Waals surface area contributed by atoms with E-state index in [-0.39, 0.29) is 5.91 Å². The topological polar surface area (TPSA) is 77.0 Å². The lowest BCUT2D eigenvalue weighted by Gasteiger charge is -2.24. The lowest BCUT2D eigenvalue weighted by atomic mass is 9.99. The number of guanidine groups is 1. The number of hydrogen-bond donors (Lipinski definition) is 3. The van der Waals surface area contributed by atoms with E-state index in [1.165, 1.54) is 0 Å². The molecule has 1 aliphatic rings. The minimum absolute atomic E-state index is 0.248. The Balaban J connectivity index is 1.56. The third-order valence-corrected chi connectivity index (χ3v) is 5.76. The molecular formula is C22H30N4O2S. The second-order valence-electron chi connectivity index (χ2n) is 7.57. The van der Waals surface area contributed by atoms with Crippen molar-refractivity contribution in [2.75, 3.05) is 19.6 Å². The summed E-state index contributed by atoms with van der Waals surface area (Å²) < 4.78 is 0. The van der Waals surface area contributed by atoms with Gasteiger partial charge in [0.15, 0.2) is 5.96 Å². The minimum atomic E-state index is -0.954. The van der Waals surface area contributed by atoms with E-state index >= 15 is 0 Å². The Morgan fingerprint density at radius 3 is 2.62 bits per heavy atom. The van der Waals surface area contributed by atoms with Gasteiger partial charge in [-0.1, -0.05) is 24.3 Å². The molecule has 3 N–H and O–H groups in total. The van der Waals surface area contributed by atoms with Crippen molar-refractivity contribution in [3.63, 3.8) is 0 Å². The highest BCUT2D eigenvalue weighted by Gasteiger charge is 2.23. The van der Waals surface area contributed by atoms with Crippen molar-refractivity contribution in [2.24, 2.45) is 4.99 Å². The summed E-state index contributed by atoms with van der Waals surface area (Å²) in [5.74, 6) is 0.924. The molecule has 1 aliphatic heterocycles. The fourth-order valence-corrected chi connectivity index (χ4v) is 4.07. The number of rotatable bonds is 8. The number of aliphatic imine (C=N–C) groups is 1. The monoisotopic (exact) mass is 414 g/mol. The van der Waals surface area contributed by atoms with Gasteiger partial charge >= 0.3 is 0 Å². The van der Waals surface area contributed by atoms with E-state index in [9.17, 15) is 9.90 Å². The van der Waals surface area contributed by atoms with Gasteiger partial charge in [-0.3, -0.25) is 4.79 Å². The van der Waals surface area contributed by atoms with Gasteiger partial charge in [-0.05, 0) is 53.8 Å². The Morgan fingerprint density at radius 1 is 1.24 bits per heavy atom. The van der Waals surface area contributed by atoms with Crippen LogP contribution in [-0.4, -0.2) is 41.5 Å². The average molecular weight is 415 g/mol. The Kier molecular flexibility index (Phi) is 7.28. The molecular weight excluding hydrogens is 384 g/mol. The smallest absolute Gasteiger partial charge is 0.222 e. The first-order valence-electron chi connectivity index (χ1n) is 10.1. The Labute approximate surface area is 176 Å². The second kappa shape index (κ2) is 9.89. The molecule has 156 valence electrons. The maximum Gasteiger partial charge on any atom is 0.222 e. The van der Waals surface area contributed by atoms with Crippen molar-refractivity contribution in [3.05, 3.63) is 57.8 Å². The molecule has 1 aromatic carbocycles. The van der Waals surface area contributed by atoms with E-state index in [1.807, 2.05) is 28.7 Å². The molecule has 0 spiro atoms. The molecule has 1 saturated heterocycles. The summed E-state index contributed by atoms with van der Waals surface area (Å²) in [7, 11) is 0. The lowest BCUT2D eigenvalue weighted by molar-refractivity contribution is -0.128. The first-order chi connectivity index (χ1) is 14.0. The van der Waals surface area contributed by atoms with E-state index in [0.717, 1.165) is 36.2 Å². The zero-order valence-corrected chi connectivity index (χ0v) is 18.0. The van der Waals surface area contributed by atoms with Crippen LogP contribution >= 0.6 is 11.3 Å². The number of amides is 1. The number of likely N-dealkylation sites (tertiary alicyclic amines) is 1. The molecule has 1 atom stereocenters. The van der Waals surface area contributed by atoms with Gasteiger partial charge in [0.25, 0.3) is 0 Å². The quantitative estimate of drug-likeness (QED) is 0.459. The predicted octanol–water partition coefficient (Wildman–Crippen LogP) is 2.83. The highest BCUT2D eigenvalue weighted by atomic mass is 32.1. The molecule has 2 aromatic rings. The Bertz CT molecular complexity index is 816. The lowest BCUT2D eigenvalue weighted by Crippen LogP contribution is -2.44. The third-order valence-electron chi connectivity index (χ3n) is 5.07. The van der Waals surface area contributed by atoms with Crippen LogP contribution in [0.4, 0.5) is 0 Å². The first-order valence-corrected chi connectivity index (χ1v) is 11.0. The zero-order valence-electron chi connectivity index (χ0n) is 17.1. The van der Waals surface area contributed by atoms with Gasteiger partial charge in [-0.2, -0.15) is 11.3 Å². The van der Waals surface area contributed by atoms with Crippen LogP contribution in [0, 0.1) is 0 Å². The molecule has 29 heavy (non-hydrogen) atoms. The Morgan fingerprint density at radius 2 is 2.00 bits per heavy atom. The summed E-state index contributed by atoms with van der Waals surface area (Å²) >= 11 is 1.57. The van der Waals surface area contributed by atoms with Gasteiger partial charge in [0, 0.05) is 26.1 Å². The van der Waals surface area contributed by atoms with Crippen LogP contribution in [0.5, 0.6) is 0 Å². The van der Waals surface area contributed by atoms with E-state index in [1.54, 1.807) is 18.3 Å². The third kappa shape index (κ3) is 6.05. The van der Waals surface area contributed by atoms with E-state index in [2.05, 4.69) is 39.9 Å². The van der Waals surface area contributed by atoms with Gasteiger partial charge in [0.05, 0.1) is 13.1 Å². The number of benzene rings is 1. The van der Waals surface area contributed by atoms with E-state index < -0.39 is 5.60 Å². The van der Waals surface area contributed by atoms with Crippen molar-refractivity contribution < 1.29 is 9.90 Å². The van der Waals surface area contributed by atoms with Crippen molar-refractivity contribution in [2.45, 2.75) is 45.4 Å². The molecule has 1 unspecified atom stereocenters. The molecule has 1 amide bonds. The van der Waals surface area contributed by atoms with Gasteiger partial charge in [-0.25, -0.2) is 4.99 Å². The molecule has 0 saturated carbocycles. The number of thiophene rings is 1. The minimum Gasteiger partial charge on any atom is -0.384 e. The zero-order chi connectivity index (χ0) is 20.7. The summed E-state index contributed by atoms with van der Waals surface area (Å²) in [6, 6.07) is 10.2. The van der Waals surface area contributed by atoms with Gasteiger partial charge in [0.1, 0.15) is 5.60 Å². The maximum absolute atomic E-state index is 11.8. The van der Waals surface area contributed by atoms with Crippen LogP contribution in [0.3, 0.4) is 0 Å². The van der Waals surface area contributed by atoms with Crippen LogP contribution in [0.1, 0.15) is 43.4 Å². The van der Waals surface area contributed by atoms with Gasteiger partial charge < -0.3 is 20.6 Å².